The molecular weight excluding hydrogens is 590 g/mol. The smallest absolute Gasteiger partial charge is 0.343 e. The Morgan fingerprint density at radius 1 is 0.837 bits per heavy atom. The molecule has 0 bridgehead atoms. The number of esters is 1. The van der Waals surface area contributed by atoms with Crippen molar-refractivity contribution in [3.8, 4) is 11.5 Å². The van der Waals surface area contributed by atoms with Gasteiger partial charge in [-0.15, -0.1) is 0 Å². The Bertz CT molecular complexity index is 1940. The first-order valence-electron chi connectivity index (χ1n) is 12.8. The molecule has 0 saturated heterocycles. The van der Waals surface area contributed by atoms with Crippen molar-refractivity contribution in [1.29, 1.82) is 0 Å². The number of hydrazone groups is 1. The summed E-state index contributed by atoms with van der Waals surface area (Å²) in [4.78, 5) is 26.0. The normalized spacial score (nSPS) is 11.3. The van der Waals surface area contributed by atoms with Gasteiger partial charge in [-0.2, -0.15) is 5.10 Å². The van der Waals surface area contributed by atoms with Gasteiger partial charge in [-0.05, 0) is 77.5 Å². The fourth-order valence-electron chi connectivity index (χ4n) is 4.19. The Balaban J connectivity index is 1.38. The molecule has 216 valence electrons. The number of methoxy groups -OCH3 is 1. The molecule has 0 spiro atoms. The van der Waals surface area contributed by atoms with E-state index < -0.39 is 21.9 Å². The van der Waals surface area contributed by atoms with Crippen LogP contribution in [0, 0.1) is 0 Å². The molecule has 0 atom stereocenters. The minimum Gasteiger partial charge on any atom is -0.497 e. The second kappa shape index (κ2) is 12.8. The lowest BCUT2D eigenvalue weighted by Crippen LogP contribution is -2.21. The molecule has 5 aromatic rings. The largest absolute Gasteiger partial charge is 0.497 e. The van der Waals surface area contributed by atoms with E-state index in [9.17, 15) is 18.0 Å². The van der Waals surface area contributed by atoms with Crippen molar-refractivity contribution in [3.63, 3.8) is 0 Å². The molecule has 0 aliphatic heterocycles. The fraction of sp³-hybridized carbons (Fsp3) is 0.0312. The van der Waals surface area contributed by atoms with Crippen molar-refractivity contribution in [1.82, 2.24) is 5.43 Å². The topological polar surface area (TPSA) is 123 Å². The molecule has 43 heavy (non-hydrogen) atoms. The summed E-state index contributed by atoms with van der Waals surface area (Å²) in [6.45, 7) is 0. The highest BCUT2D eigenvalue weighted by atomic mass is 35.5. The minimum absolute atomic E-state index is 0.0159. The van der Waals surface area contributed by atoms with E-state index in [1.165, 1.54) is 49.7 Å². The first-order valence-corrected chi connectivity index (χ1v) is 14.7. The summed E-state index contributed by atoms with van der Waals surface area (Å²) < 4.78 is 39.1. The SMILES string of the molecule is COc1ccc(C(=O)Oc2ccc3ccccc3c2/C=N\NC(=O)c2ccccc2NS(=O)(=O)c2ccc(Cl)cc2)cc1. The number of fused-ring (bicyclic) bond motifs is 1. The fourth-order valence-corrected chi connectivity index (χ4v) is 5.39. The van der Waals surface area contributed by atoms with E-state index in [0.717, 1.165) is 10.8 Å². The maximum absolute atomic E-state index is 13.1. The van der Waals surface area contributed by atoms with Crippen LogP contribution in [0.1, 0.15) is 26.3 Å². The van der Waals surface area contributed by atoms with E-state index >= 15 is 0 Å². The van der Waals surface area contributed by atoms with E-state index in [-0.39, 0.29) is 21.9 Å². The Morgan fingerprint density at radius 2 is 1.53 bits per heavy atom. The molecule has 5 rings (SSSR count). The first-order chi connectivity index (χ1) is 20.7. The van der Waals surface area contributed by atoms with Gasteiger partial charge in [0.2, 0.25) is 0 Å². The van der Waals surface area contributed by atoms with E-state index in [4.69, 9.17) is 21.1 Å². The third-order valence-corrected chi connectivity index (χ3v) is 7.99. The number of anilines is 1. The summed E-state index contributed by atoms with van der Waals surface area (Å²) in [5, 5.41) is 6.10. The number of hydrogen-bond donors (Lipinski definition) is 2. The summed E-state index contributed by atoms with van der Waals surface area (Å²) in [6.07, 6.45) is 1.37. The Kier molecular flexibility index (Phi) is 8.70. The Morgan fingerprint density at radius 3 is 2.28 bits per heavy atom. The molecule has 9 nitrogen and oxygen atoms in total. The van der Waals surface area contributed by atoms with Crippen molar-refractivity contribution >= 4 is 56.2 Å². The first kappa shape index (κ1) is 29.3. The number of carbonyl (C=O) groups is 2. The van der Waals surface area contributed by atoms with Crippen LogP contribution in [0.3, 0.4) is 0 Å². The van der Waals surface area contributed by atoms with Crippen LogP contribution in [0.2, 0.25) is 5.02 Å². The number of nitrogens with one attached hydrogen (secondary N) is 2. The average Bonchev–Trinajstić information content (AvgIpc) is 3.02. The molecule has 0 radical (unpaired) electrons. The summed E-state index contributed by atoms with van der Waals surface area (Å²) >= 11 is 5.88. The standard InChI is InChI=1S/C32H24ClN3O6S/c1-41-24-15-10-22(11-16-24)32(38)42-30-19-12-21-6-2-3-7-26(21)28(30)20-34-35-31(37)27-8-4-5-9-29(27)36-43(39,40)25-17-13-23(33)14-18-25/h2-20,36H,1H3,(H,35,37)/b34-20-. The Labute approximate surface area is 252 Å². The highest BCUT2D eigenvalue weighted by molar-refractivity contribution is 7.92. The van der Waals surface area contributed by atoms with Crippen LogP contribution in [0.4, 0.5) is 5.69 Å². The van der Waals surface area contributed by atoms with Crippen molar-refractivity contribution in [3.05, 3.63) is 131 Å². The van der Waals surface area contributed by atoms with E-state index in [0.29, 0.717) is 21.9 Å². The summed E-state index contributed by atoms with van der Waals surface area (Å²) in [7, 11) is -2.47. The van der Waals surface area contributed by atoms with Crippen LogP contribution >= 0.6 is 11.6 Å². The number of sulfonamides is 1. The molecule has 2 N–H and O–H groups in total. The number of carbonyl (C=O) groups excluding carboxylic acids is 2. The van der Waals surface area contributed by atoms with Gasteiger partial charge >= 0.3 is 5.97 Å². The molecular formula is C32H24ClN3O6S. The van der Waals surface area contributed by atoms with E-state index in [1.54, 1.807) is 42.5 Å². The third kappa shape index (κ3) is 6.83. The predicted molar refractivity (Wildman–Crippen MR) is 166 cm³/mol. The molecule has 0 aliphatic rings. The number of rotatable bonds is 9. The number of hydrogen-bond acceptors (Lipinski definition) is 7. The number of nitrogens with zero attached hydrogens (tertiary/aromatic N) is 1. The zero-order valence-corrected chi connectivity index (χ0v) is 24.2. The molecule has 0 fully saturated rings. The van der Waals surface area contributed by atoms with Gasteiger partial charge in [0.15, 0.2) is 0 Å². The van der Waals surface area contributed by atoms with Gasteiger partial charge in [0.25, 0.3) is 15.9 Å². The zero-order valence-electron chi connectivity index (χ0n) is 22.7. The number of para-hydroxylation sites is 1. The van der Waals surface area contributed by atoms with Crippen LogP contribution in [-0.4, -0.2) is 33.6 Å². The quantitative estimate of drug-likeness (QED) is 0.0872. The molecule has 11 heteroatoms. The molecule has 0 unspecified atom stereocenters. The number of benzene rings is 5. The number of amides is 1. The number of ether oxygens (including phenoxy) is 2. The maximum Gasteiger partial charge on any atom is 0.343 e. The lowest BCUT2D eigenvalue weighted by molar-refractivity contribution is 0.0734. The predicted octanol–water partition coefficient (Wildman–Crippen LogP) is 6.29. The van der Waals surface area contributed by atoms with E-state index in [2.05, 4.69) is 15.2 Å². The van der Waals surface area contributed by atoms with Gasteiger partial charge in [-0.25, -0.2) is 18.6 Å². The van der Waals surface area contributed by atoms with Crippen molar-refractivity contribution in [2.75, 3.05) is 11.8 Å². The van der Waals surface area contributed by atoms with Crippen LogP contribution in [-0.2, 0) is 10.0 Å². The van der Waals surface area contributed by atoms with Crippen molar-refractivity contribution < 1.29 is 27.5 Å². The lowest BCUT2D eigenvalue weighted by atomic mass is 10.0. The highest BCUT2D eigenvalue weighted by Gasteiger charge is 2.19. The minimum atomic E-state index is -4.00. The molecule has 0 aromatic heterocycles. The van der Waals surface area contributed by atoms with Crippen molar-refractivity contribution in [2.24, 2.45) is 5.10 Å². The third-order valence-electron chi connectivity index (χ3n) is 6.36. The van der Waals surface area contributed by atoms with Crippen LogP contribution in [0.5, 0.6) is 11.5 Å². The molecule has 5 aromatic carbocycles. The van der Waals surface area contributed by atoms with E-state index in [1.807, 2.05) is 30.3 Å². The van der Waals surface area contributed by atoms with Crippen molar-refractivity contribution in [2.45, 2.75) is 4.90 Å². The summed E-state index contributed by atoms with van der Waals surface area (Å²) in [5.41, 5.74) is 3.31. The molecule has 0 saturated carbocycles. The van der Waals surface area contributed by atoms with Crippen LogP contribution in [0.25, 0.3) is 10.8 Å². The van der Waals surface area contributed by atoms with Crippen LogP contribution in [0.15, 0.2) is 119 Å². The second-order valence-electron chi connectivity index (χ2n) is 9.12. The summed E-state index contributed by atoms with van der Waals surface area (Å²) in [6, 6.07) is 29.1. The number of halogens is 1. The zero-order chi connectivity index (χ0) is 30.4. The molecule has 0 aliphatic carbocycles. The van der Waals surface area contributed by atoms with Crippen LogP contribution < -0.4 is 19.6 Å². The van der Waals surface area contributed by atoms with Gasteiger partial charge in [0.05, 0.1) is 35.0 Å². The average molecular weight is 614 g/mol. The van der Waals surface area contributed by atoms with Gasteiger partial charge in [-0.1, -0.05) is 54.1 Å². The monoisotopic (exact) mass is 613 g/mol. The molecule has 1 amide bonds. The molecule has 0 heterocycles. The van der Waals surface area contributed by atoms with Gasteiger partial charge in [0.1, 0.15) is 11.5 Å². The van der Waals surface area contributed by atoms with Gasteiger partial charge in [0, 0.05) is 10.6 Å². The maximum atomic E-state index is 13.1. The summed E-state index contributed by atoms with van der Waals surface area (Å²) in [5.74, 6) is -0.417. The van der Waals surface area contributed by atoms with Gasteiger partial charge < -0.3 is 9.47 Å². The Hall–Kier alpha value is -5.19. The lowest BCUT2D eigenvalue weighted by Gasteiger charge is -2.12. The van der Waals surface area contributed by atoms with Gasteiger partial charge in [-0.3, -0.25) is 9.52 Å². The highest BCUT2D eigenvalue weighted by Crippen LogP contribution is 2.28. The second-order valence-corrected chi connectivity index (χ2v) is 11.2.